The van der Waals surface area contributed by atoms with Crippen molar-refractivity contribution in [2.45, 2.75) is 12.5 Å². The minimum Gasteiger partial charge on any atom is -0.261 e. The maximum atomic E-state index is 5.55. The second-order valence-corrected chi connectivity index (χ2v) is 3.52. The molecular formula is C7H8ClNSi. The van der Waals surface area contributed by atoms with Gasteiger partial charge in [-0.05, 0) is 24.6 Å². The van der Waals surface area contributed by atoms with Gasteiger partial charge in [0.1, 0.15) is 0 Å². The fourth-order valence-corrected chi connectivity index (χ4v) is 1.36. The van der Waals surface area contributed by atoms with Gasteiger partial charge in [0, 0.05) is 11.9 Å². The summed E-state index contributed by atoms with van der Waals surface area (Å²) in [7, 11) is 0.516. The van der Waals surface area contributed by atoms with Crippen LogP contribution in [0.4, 0.5) is 0 Å². The maximum Gasteiger partial charge on any atom is 0.172 e. The van der Waals surface area contributed by atoms with E-state index in [1.165, 1.54) is 0 Å². The molecule has 0 bridgehead atoms. The normalized spacial score (nSPS) is 9.70. The van der Waals surface area contributed by atoms with E-state index in [4.69, 9.17) is 11.1 Å². The standard InChI is InChI=1S/C7H8ClNSi/c8-10-6-4-7-3-1-2-5-9-7/h1-3,5H,4,6H2. The lowest BCUT2D eigenvalue weighted by atomic mass is 10.3. The molecule has 0 spiro atoms. The molecule has 2 radical (unpaired) electrons. The fourth-order valence-electron chi connectivity index (χ4n) is 0.721. The first-order valence-electron chi connectivity index (χ1n) is 3.17. The van der Waals surface area contributed by atoms with Gasteiger partial charge in [-0.25, -0.2) is 0 Å². The summed E-state index contributed by atoms with van der Waals surface area (Å²) in [6.45, 7) is 0. The van der Waals surface area contributed by atoms with Crippen LogP contribution in [0.25, 0.3) is 0 Å². The van der Waals surface area contributed by atoms with Gasteiger partial charge in [0.2, 0.25) is 0 Å². The maximum absolute atomic E-state index is 5.55. The van der Waals surface area contributed by atoms with E-state index in [-0.39, 0.29) is 0 Å². The summed E-state index contributed by atoms with van der Waals surface area (Å²) in [6.07, 6.45) is 2.81. The highest BCUT2D eigenvalue weighted by atomic mass is 35.6. The smallest absolute Gasteiger partial charge is 0.172 e. The summed E-state index contributed by atoms with van der Waals surface area (Å²) in [5.41, 5.74) is 1.13. The molecule has 0 N–H and O–H groups in total. The number of rotatable bonds is 3. The van der Waals surface area contributed by atoms with Crippen LogP contribution in [0.5, 0.6) is 0 Å². The molecule has 1 heterocycles. The summed E-state index contributed by atoms with van der Waals surface area (Å²) in [5, 5.41) is 0. The first-order chi connectivity index (χ1) is 4.93. The van der Waals surface area contributed by atoms with Crippen molar-refractivity contribution in [3.63, 3.8) is 0 Å². The molecule has 0 saturated carbocycles. The largest absolute Gasteiger partial charge is 0.261 e. The van der Waals surface area contributed by atoms with E-state index in [0.29, 0.717) is 8.83 Å². The van der Waals surface area contributed by atoms with Crippen LogP contribution in [0.2, 0.25) is 6.04 Å². The number of aryl methyl sites for hydroxylation is 1. The van der Waals surface area contributed by atoms with E-state index >= 15 is 0 Å². The van der Waals surface area contributed by atoms with Crippen LogP contribution in [0.1, 0.15) is 5.69 Å². The first-order valence-corrected chi connectivity index (χ1v) is 5.39. The molecule has 0 amide bonds. The Morgan fingerprint density at radius 1 is 1.50 bits per heavy atom. The molecule has 0 aliphatic heterocycles. The molecule has 1 aromatic heterocycles. The zero-order valence-electron chi connectivity index (χ0n) is 5.55. The van der Waals surface area contributed by atoms with Gasteiger partial charge in [0.15, 0.2) is 8.83 Å². The van der Waals surface area contributed by atoms with E-state index in [0.717, 1.165) is 18.2 Å². The van der Waals surface area contributed by atoms with E-state index < -0.39 is 0 Å². The lowest BCUT2D eigenvalue weighted by Gasteiger charge is -1.93. The minimum atomic E-state index is 0.516. The van der Waals surface area contributed by atoms with E-state index in [9.17, 15) is 0 Å². The SMILES string of the molecule is Cl[Si]CCc1ccccn1. The van der Waals surface area contributed by atoms with Gasteiger partial charge < -0.3 is 0 Å². The van der Waals surface area contributed by atoms with Crippen LogP contribution in [0, 0.1) is 0 Å². The van der Waals surface area contributed by atoms with Gasteiger partial charge in [-0.1, -0.05) is 6.07 Å². The molecule has 1 nitrogen and oxygen atoms in total. The van der Waals surface area contributed by atoms with Crippen molar-refractivity contribution in [3.8, 4) is 0 Å². The Hall–Kier alpha value is -0.343. The third-order valence-corrected chi connectivity index (χ3v) is 2.21. The zero-order valence-corrected chi connectivity index (χ0v) is 7.30. The minimum absolute atomic E-state index is 0.516. The van der Waals surface area contributed by atoms with Crippen LogP contribution in [0.3, 0.4) is 0 Å². The highest BCUT2D eigenvalue weighted by Crippen LogP contribution is 1.98. The van der Waals surface area contributed by atoms with Crippen molar-refractivity contribution in [1.29, 1.82) is 0 Å². The number of nitrogens with zero attached hydrogens (tertiary/aromatic N) is 1. The van der Waals surface area contributed by atoms with Crippen LogP contribution >= 0.6 is 11.1 Å². The summed E-state index contributed by atoms with van der Waals surface area (Å²) in [6, 6.07) is 6.99. The molecule has 0 aliphatic rings. The van der Waals surface area contributed by atoms with Crippen LogP contribution < -0.4 is 0 Å². The number of hydrogen-bond acceptors (Lipinski definition) is 1. The average molecular weight is 170 g/mol. The molecule has 0 aromatic carbocycles. The van der Waals surface area contributed by atoms with Gasteiger partial charge in [-0.3, -0.25) is 4.98 Å². The summed E-state index contributed by atoms with van der Waals surface area (Å²) < 4.78 is 0. The predicted octanol–water partition coefficient (Wildman–Crippen LogP) is 1.90. The van der Waals surface area contributed by atoms with Gasteiger partial charge in [0.25, 0.3) is 0 Å². The van der Waals surface area contributed by atoms with E-state index in [1.54, 1.807) is 0 Å². The molecule has 0 fully saturated rings. The number of halogens is 1. The number of pyridine rings is 1. The van der Waals surface area contributed by atoms with Crippen molar-refractivity contribution >= 4 is 19.9 Å². The average Bonchev–Trinajstić information content (AvgIpc) is 2.03. The van der Waals surface area contributed by atoms with Crippen LogP contribution in [-0.2, 0) is 6.42 Å². The zero-order chi connectivity index (χ0) is 7.23. The third kappa shape index (κ3) is 2.50. The quantitative estimate of drug-likeness (QED) is 0.498. The van der Waals surface area contributed by atoms with Crippen molar-refractivity contribution in [2.24, 2.45) is 0 Å². The molecule has 1 aromatic rings. The number of hydrogen-bond donors (Lipinski definition) is 0. The van der Waals surface area contributed by atoms with Crippen molar-refractivity contribution < 1.29 is 0 Å². The number of aromatic nitrogens is 1. The fraction of sp³-hybridized carbons (Fsp3) is 0.286. The lowest BCUT2D eigenvalue weighted by molar-refractivity contribution is 1.03. The Balaban J connectivity index is 2.43. The molecule has 0 atom stereocenters. The van der Waals surface area contributed by atoms with Gasteiger partial charge in [-0.15, -0.1) is 0 Å². The van der Waals surface area contributed by atoms with Gasteiger partial charge in [-0.2, -0.15) is 11.1 Å². The Morgan fingerprint density at radius 2 is 2.40 bits per heavy atom. The Morgan fingerprint density at radius 3 is 3.00 bits per heavy atom. The van der Waals surface area contributed by atoms with Crippen molar-refractivity contribution in [1.82, 2.24) is 4.98 Å². The molecule has 0 unspecified atom stereocenters. The molecule has 1 rings (SSSR count). The van der Waals surface area contributed by atoms with Crippen molar-refractivity contribution in [2.75, 3.05) is 0 Å². The summed E-state index contributed by atoms with van der Waals surface area (Å²) >= 11 is 5.55. The monoisotopic (exact) mass is 169 g/mol. The summed E-state index contributed by atoms with van der Waals surface area (Å²) in [4.78, 5) is 4.16. The van der Waals surface area contributed by atoms with Crippen LogP contribution in [0.15, 0.2) is 24.4 Å². The third-order valence-electron chi connectivity index (χ3n) is 1.20. The molecule has 52 valence electrons. The van der Waals surface area contributed by atoms with Gasteiger partial charge >= 0.3 is 0 Å². The molecular weight excluding hydrogens is 162 g/mol. The van der Waals surface area contributed by atoms with Gasteiger partial charge in [0.05, 0.1) is 0 Å². The predicted molar refractivity (Wildman–Crippen MR) is 44.4 cm³/mol. The first kappa shape index (κ1) is 7.76. The molecule has 0 saturated heterocycles. The Kier molecular flexibility index (Phi) is 3.47. The topological polar surface area (TPSA) is 12.9 Å². The Bertz CT molecular complexity index is 178. The van der Waals surface area contributed by atoms with Crippen molar-refractivity contribution in [3.05, 3.63) is 30.1 Å². The van der Waals surface area contributed by atoms with Crippen LogP contribution in [-0.4, -0.2) is 13.8 Å². The molecule has 3 heteroatoms. The molecule has 0 aliphatic carbocycles. The second-order valence-electron chi connectivity index (χ2n) is 1.95. The second kappa shape index (κ2) is 4.47. The summed E-state index contributed by atoms with van der Waals surface area (Å²) in [5.74, 6) is 0. The van der Waals surface area contributed by atoms with E-state index in [2.05, 4.69) is 4.98 Å². The highest BCUT2D eigenvalue weighted by Gasteiger charge is 1.90. The highest BCUT2D eigenvalue weighted by molar-refractivity contribution is 6.93. The van der Waals surface area contributed by atoms with E-state index in [1.807, 2.05) is 24.4 Å². The lowest BCUT2D eigenvalue weighted by Crippen LogP contribution is -1.89. The molecule has 10 heavy (non-hydrogen) atoms. The Labute approximate surface area is 68.0 Å².